The van der Waals surface area contributed by atoms with Crippen LogP contribution in [0, 0.1) is 5.82 Å². The third-order valence-corrected chi connectivity index (χ3v) is 3.47. The van der Waals surface area contributed by atoms with Crippen LogP contribution in [0.15, 0.2) is 42.5 Å². The molecule has 0 aromatic heterocycles. The van der Waals surface area contributed by atoms with Crippen LogP contribution in [-0.2, 0) is 6.54 Å². The molecular weight excluding hydrogens is 255 g/mol. The summed E-state index contributed by atoms with van der Waals surface area (Å²) in [6, 6.07) is 12.4. The summed E-state index contributed by atoms with van der Waals surface area (Å²) in [5.41, 5.74) is 8.23. The molecule has 20 heavy (non-hydrogen) atoms. The van der Waals surface area contributed by atoms with Gasteiger partial charge in [0.25, 0.3) is 0 Å². The molecule has 1 unspecified atom stereocenters. The van der Waals surface area contributed by atoms with Gasteiger partial charge in [0.2, 0.25) is 0 Å². The first-order valence-corrected chi connectivity index (χ1v) is 6.68. The van der Waals surface area contributed by atoms with Gasteiger partial charge in [0.05, 0.1) is 12.2 Å². The zero-order valence-electron chi connectivity index (χ0n) is 11.3. The molecule has 4 heteroatoms. The molecule has 104 valence electrons. The Bertz CT molecular complexity index is 630. The van der Waals surface area contributed by atoms with E-state index in [1.54, 1.807) is 12.1 Å². The van der Waals surface area contributed by atoms with Crippen LogP contribution in [0.25, 0.3) is 0 Å². The molecule has 2 N–H and O–H groups in total. The highest BCUT2D eigenvalue weighted by molar-refractivity contribution is 5.75. The van der Waals surface area contributed by atoms with Gasteiger partial charge in [0, 0.05) is 12.1 Å². The maximum atomic E-state index is 13.8. The van der Waals surface area contributed by atoms with Gasteiger partial charge >= 0.3 is 0 Å². The molecule has 3 nitrogen and oxygen atoms in total. The van der Waals surface area contributed by atoms with Gasteiger partial charge in [-0.1, -0.05) is 24.3 Å². The summed E-state index contributed by atoms with van der Waals surface area (Å²) >= 11 is 0. The number of para-hydroxylation sites is 1. The van der Waals surface area contributed by atoms with Crippen molar-refractivity contribution in [3.8, 4) is 5.75 Å². The van der Waals surface area contributed by atoms with E-state index in [9.17, 15) is 4.39 Å². The Labute approximate surface area is 117 Å². The third kappa shape index (κ3) is 2.29. The fourth-order valence-corrected chi connectivity index (χ4v) is 2.60. The van der Waals surface area contributed by atoms with Crippen molar-refractivity contribution in [2.45, 2.75) is 19.6 Å². The molecule has 0 bridgehead atoms. The quantitative estimate of drug-likeness (QED) is 0.853. The molecule has 0 saturated carbocycles. The fraction of sp³-hybridized carbons (Fsp3) is 0.250. The first-order chi connectivity index (χ1) is 9.65. The number of hydrogen-bond donors (Lipinski definition) is 1. The minimum Gasteiger partial charge on any atom is -0.487 e. The van der Waals surface area contributed by atoms with Gasteiger partial charge in [-0.3, -0.25) is 0 Å². The van der Waals surface area contributed by atoms with E-state index in [1.165, 1.54) is 6.07 Å². The highest BCUT2D eigenvalue weighted by atomic mass is 19.1. The van der Waals surface area contributed by atoms with Crippen molar-refractivity contribution in [2.24, 2.45) is 0 Å². The second-order valence-electron chi connectivity index (χ2n) is 5.09. The minimum absolute atomic E-state index is 0.0519. The monoisotopic (exact) mass is 272 g/mol. The molecular formula is C16H17FN2O. The van der Waals surface area contributed by atoms with E-state index in [0.717, 1.165) is 11.4 Å². The van der Waals surface area contributed by atoms with Gasteiger partial charge in [0.1, 0.15) is 23.4 Å². The number of rotatable bonds is 2. The lowest BCUT2D eigenvalue weighted by atomic mass is 10.1. The Hall–Kier alpha value is -2.23. The Kier molecular flexibility index (Phi) is 3.22. The largest absolute Gasteiger partial charge is 0.487 e. The lowest BCUT2D eigenvalue weighted by Crippen LogP contribution is -2.38. The van der Waals surface area contributed by atoms with E-state index in [-0.39, 0.29) is 11.9 Å². The molecule has 1 aliphatic rings. The number of benzene rings is 2. The summed E-state index contributed by atoms with van der Waals surface area (Å²) in [5.74, 6) is 0.572. The number of nitrogens with two attached hydrogens (primary N) is 1. The summed E-state index contributed by atoms with van der Waals surface area (Å²) in [4.78, 5) is 2.08. The molecule has 3 rings (SSSR count). The zero-order valence-corrected chi connectivity index (χ0v) is 11.3. The van der Waals surface area contributed by atoms with Gasteiger partial charge in [-0.25, -0.2) is 4.39 Å². The molecule has 2 aromatic rings. The van der Waals surface area contributed by atoms with Gasteiger partial charge in [-0.15, -0.1) is 0 Å². The predicted molar refractivity (Wildman–Crippen MR) is 78.4 cm³/mol. The molecule has 1 aliphatic heterocycles. The van der Waals surface area contributed by atoms with Crippen molar-refractivity contribution in [3.05, 3.63) is 53.8 Å². The molecule has 0 fully saturated rings. The first kappa shape index (κ1) is 12.8. The number of anilines is 2. The molecule has 1 heterocycles. The highest BCUT2D eigenvalue weighted by Crippen LogP contribution is 2.39. The van der Waals surface area contributed by atoms with Crippen molar-refractivity contribution in [1.82, 2.24) is 0 Å². The maximum Gasteiger partial charge on any atom is 0.145 e. The van der Waals surface area contributed by atoms with Crippen LogP contribution in [0.5, 0.6) is 5.75 Å². The van der Waals surface area contributed by atoms with Gasteiger partial charge in [0.15, 0.2) is 0 Å². The molecule has 1 atom stereocenters. The lowest BCUT2D eigenvalue weighted by Gasteiger charge is -2.35. The third-order valence-electron chi connectivity index (χ3n) is 3.47. The molecule has 0 spiro atoms. The van der Waals surface area contributed by atoms with E-state index < -0.39 is 0 Å². The maximum absolute atomic E-state index is 13.8. The predicted octanol–water partition coefficient (Wildman–Crippen LogP) is 3.20. The summed E-state index contributed by atoms with van der Waals surface area (Å²) in [6.45, 7) is 3.18. The van der Waals surface area contributed by atoms with Crippen LogP contribution < -0.4 is 15.4 Å². The van der Waals surface area contributed by atoms with E-state index in [2.05, 4.69) is 4.90 Å². The standard InChI is InChI=1S/C16H17FN2O/c1-11-9-19(10-12-5-2-3-6-13(12)17)16-14(18)7-4-8-15(16)20-11/h2-8,11H,9-10,18H2,1H3. The van der Waals surface area contributed by atoms with Crippen molar-refractivity contribution >= 4 is 11.4 Å². The Morgan fingerprint density at radius 2 is 2.05 bits per heavy atom. The van der Waals surface area contributed by atoms with Gasteiger partial charge in [-0.2, -0.15) is 0 Å². The normalized spacial score (nSPS) is 17.5. The number of hydrogen-bond acceptors (Lipinski definition) is 3. The molecule has 0 aliphatic carbocycles. The fourth-order valence-electron chi connectivity index (χ4n) is 2.60. The second-order valence-corrected chi connectivity index (χ2v) is 5.09. The average Bonchev–Trinajstić information content (AvgIpc) is 2.41. The van der Waals surface area contributed by atoms with Crippen molar-refractivity contribution in [3.63, 3.8) is 0 Å². The number of fused-ring (bicyclic) bond motifs is 1. The van der Waals surface area contributed by atoms with E-state index in [0.29, 0.717) is 24.3 Å². The van der Waals surface area contributed by atoms with Crippen LogP contribution in [0.1, 0.15) is 12.5 Å². The van der Waals surface area contributed by atoms with Crippen molar-refractivity contribution < 1.29 is 9.13 Å². The Morgan fingerprint density at radius 3 is 2.85 bits per heavy atom. The number of ether oxygens (including phenoxy) is 1. The molecule has 0 amide bonds. The van der Waals surface area contributed by atoms with Crippen LogP contribution in [-0.4, -0.2) is 12.6 Å². The minimum atomic E-state index is -0.192. The molecule has 0 saturated heterocycles. The number of nitrogen functional groups attached to an aromatic ring is 1. The van der Waals surface area contributed by atoms with Crippen molar-refractivity contribution in [1.29, 1.82) is 0 Å². The zero-order chi connectivity index (χ0) is 14.1. The van der Waals surface area contributed by atoms with Gasteiger partial charge < -0.3 is 15.4 Å². The number of nitrogens with zero attached hydrogens (tertiary/aromatic N) is 1. The summed E-state index contributed by atoms with van der Waals surface area (Å²) in [7, 11) is 0. The van der Waals surface area contributed by atoms with Crippen LogP contribution in [0.2, 0.25) is 0 Å². The highest BCUT2D eigenvalue weighted by Gasteiger charge is 2.25. The van der Waals surface area contributed by atoms with E-state index in [4.69, 9.17) is 10.5 Å². The topological polar surface area (TPSA) is 38.5 Å². The van der Waals surface area contributed by atoms with E-state index >= 15 is 0 Å². The SMILES string of the molecule is CC1CN(Cc2ccccc2F)c2c(N)cccc2O1. The van der Waals surface area contributed by atoms with E-state index in [1.807, 2.05) is 31.2 Å². The second kappa shape index (κ2) is 5.04. The average molecular weight is 272 g/mol. The summed E-state index contributed by atoms with van der Waals surface area (Å²) < 4.78 is 19.6. The summed E-state index contributed by atoms with van der Waals surface area (Å²) in [5, 5.41) is 0. The van der Waals surface area contributed by atoms with Crippen LogP contribution in [0.3, 0.4) is 0 Å². The van der Waals surface area contributed by atoms with Gasteiger partial charge in [-0.05, 0) is 25.1 Å². The first-order valence-electron chi connectivity index (χ1n) is 6.68. The van der Waals surface area contributed by atoms with Crippen LogP contribution in [0.4, 0.5) is 15.8 Å². The van der Waals surface area contributed by atoms with Crippen molar-refractivity contribution in [2.75, 3.05) is 17.2 Å². The molecule has 0 radical (unpaired) electrons. The Morgan fingerprint density at radius 1 is 1.25 bits per heavy atom. The molecule has 2 aromatic carbocycles. The number of halogens is 1. The Balaban J connectivity index is 1.97. The smallest absolute Gasteiger partial charge is 0.145 e. The lowest BCUT2D eigenvalue weighted by molar-refractivity contribution is 0.212. The van der Waals surface area contributed by atoms with Crippen LogP contribution >= 0.6 is 0 Å². The summed E-state index contributed by atoms with van der Waals surface area (Å²) in [6.07, 6.45) is 0.0519.